The fourth-order valence-electron chi connectivity index (χ4n) is 2.80. The van der Waals surface area contributed by atoms with Crippen LogP contribution in [-0.2, 0) is 9.53 Å². The third-order valence-electron chi connectivity index (χ3n) is 4.27. The zero-order valence-electron chi connectivity index (χ0n) is 14.2. The number of rotatable bonds is 8. The molecule has 0 atom stereocenters. The van der Waals surface area contributed by atoms with Crippen molar-refractivity contribution in [2.24, 2.45) is 5.92 Å². The van der Waals surface area contributed by atoms with Crippen molar-refractivity contribution in [3.05, 3.63) is 29.8 Å². The van der Waals surface area contributed by atoms with Gasteiger partial charge in [0, 0.05) is 20.2 Å². The molecule has 0 unspecified atom stereocenters. The number of carbonyl (C=O) groups excluding carboxylic acids is 1. The minimum Gasteiger partial charge on any atom is -0.484 e. The highest BCUT2D eigenvalue weighted by atomic mass is 16.5. The lowest BCUT2D eigenvalue weighted by Crippen LogP contribution is -2.40. The number of piperidine rings is 1. The zero-order valence-corrected chi connectivity index (χ0v) is 14.2. The lowest BCUT2D eigenvalue weighted by Gasteiger charge is -2.31. The summed E-state index contributed by atoms with van der Waals surface area (Å²) in [6.07, 6.45) is 2.26. The number of carbonyl (C=O) groups is 1. The summed E-state index contributed by atoms with van der Waals surface area (Å²) in [5.41, 5.74) is 1.13. The Morgan fingerprint density at radius 2 is 2.13 bits per heavy atom. The van der Waals surface area contributed by atoms with Gasteiger partial charge in [-0.3, -0.25) is 4.79 Å². The molecule has 1 amide bonds. The molecule has 1 N–H and O–H groups in total. The summed E-state index contributed by atoms with van der Waals surface area (Å²) < 4.78 is 10.6. The maximum Gasteiger partial charge on any atom is 0.257 e. The maximum atomic E-state index is 11.9. The van der Waals surface area contributed by atoms with Gasteiger partial charge in [-0.1, -0.05) is 12.1 Å². The van der Waals surface area contributed by atoms with Crippen LogP contribution in [0.25, 0.3) is 0 Å². The summed E-state index contributed by atoms with van der Waals surface area (Å²) in [5, 5.41) is 2.99. The van der Waals surface area contributed by atoms with E-state index in [9.17, 15) is 4.79 Å². The molecule has 2 rings (SSSR count). The van der Waals surface area contributed by atoms with E-state index in [-0.39, 0.29) is 12.5 Å². The van der Waals surface area contributed by atoms with Crippen molar-refractivity contribution in [1.82, 2.24) is 10.2 Å². The van der Waals surface area contributed by atoms with Crippen molar-refractivity contribution >= 4 is 5.91 Å². The zero-order chi connectivity index (χ0) is 16.5. The first-order valence-corrected chi connectivity index (χ1v) is 8.35. The average Bonchev–Trinajstić information content (AvgIpc) is 2.57. The predicted molar refractivity (Wildman–Crippen MR) is 90.7 cm³/mol. The van der Waals surface area contributed by atoms with Gasteiger partial charge < -0.3 is 19.7 Å². The normalized spacial score (nSPS) is 16.3. The van der Waals surface area contributed by atoms with Crippen molar-refractivity contribution in [1.29, 1.82) is 0 Å². The summed E-state index contributed by atoms with van der Waals surface area (Å²) >= 11 is 0. The number of likely N-dealkylation sites (tertiary alicyclic amines) is 1. The minimum absolute atomic E-state index is 0.0479. The molecule has 1 heterocycles. The second-order valence-electron chi connectivity index (χ2n) is 6.19. The summed E-state index contributed by atoms with van der Waals surface area (Å²) in [6, 6.07) is 7.74. The van der Waals surface area contributed by atoms with E-state index >= 15 is 0 Å². The van der Waals surface area contributed by atoms with E-state index in [2.05, 4.69) is 10.2 Å². The molecule has 0 aliphatic carbocycles. The second-order valence-corrected chi connectivity index (χ2v) is 6.19. The van der Waals surface area contributed by atoms with Crippen LogP contribution in [0.4, 0.5) is 0 Å². The molecule has 5 heteroatoms. The molecule has 0 radical (unpaired) electrons. The average molecular weight is 320 g/mol. The van der Waals surface area contributed by atoms with Gasteiger partial charge in [0.25, 0.3) is 5.91 Å². The number of hydrogen-bond donors (Lipinski definition) is 1. The van der Waals surface area contributed by atoms with Crippen LogP contribution >= 0.6 is 0 Å². The van der Waals surface area contributed by atoms with E-state index in [4.69, 9.17) is 9.47 Å². The highest BCUT2D eigenvalue weighted by Crippen LogP contribution is 2.16. The first kappa shape index (κ1) is 17.8. The molecular formula is C18H28N2O3. The fourth-order valence-corrected chi connectivity index (χ4v) is 2.80. The molecule has 0 bridgehead atoms. The van der Waals surface area contributed by atoms with Gasteiger partial charge in [0.2, 0.25) is 0 Å². The third kappa shape index (κ3) is 6.59. The Morgan fingerprint density at radius 3 is 2.83 bits per heavy atom. The number of methoxy groups -OCH3 is 1. The lowest BCUT2D eigenvalue weighted by molar-refractivity contribution is -0.123. The Labute approximate surface area is 139 Å². The summed E-state index contributed by atoms with van der Waals surface area (Å²) in [5.74, 6) is 1.26. The smallest absolute Gasteiger partial charge is 0.257 e. The number of nitrogens with one attached hydrogen (secondary N) is 1. The van der Waals surface area contributed by atoms with Crippen LogP contribution in [0.15, 0.2) is 24.3 Å². The van der Waals surface area contributed by atoms with Crippen molar-refractivity contribution in [3.8, 4) is 5.75 Å². The van der Waals surface area contributed by atoms with Crippen LogP contribution < -0.4 is 10.1 Å². The lowest BCUT2D eigenvalue weighted by atomic mass is 9.97. The van der Waals surface area contributed by atoms with E-state index in [0.717, 1.165) is 56.9 Å². The van der Waals surface area contributed by atoms with Gasteiger partial charge in [0.05, 0.1) is 6.61 Å². The molecule has 1 fully saturated rings. The van der Waals surface area contributed by atoms with Crippen LogP contribution in [0.5, 0.6) is 5.75 Å². The molecule has 23 heavy (non-hydrogen) atoms. The largest absolute Gasteiger partial charge is 0.484 e. The molecule has 5 nitrogen and oxygen atoms in total. The number of aryl methyl sites for hydroxylation is 1. The van der Waals surface area contributed by atoms with Gasteiger partial charge in [0.1, 0.15) is 5.75 Å². The van der Waals surface area contributed by atoms with Crippen molar-refractivity contribution in [3.63, 3.8) is 0 Å². The number of amides is 1. The van der Waals surface area contributed by atoms with E-state index in [1.54, 1.807) is 7.11 Å². The second kappa shape index (κ2) is 9.53. The van der Waals surface area contributed by atoms with Gasteiger partial charge >= 0.3 is 0 Å². The Morgan fingerprint density at radius 1 is 1.35 bits per heavy atom. The highest BCUT2D eigenvalue weighted by Gasteiger charge is 2.19. The number of ether oxygens (including phenoxy) is 2. The van der Waals surface area contributed by atoms with Gasteiger partial charge in [-0.2, -0.15) is 0 Å². The summed E-state index contributed by atoms with van der Waals surface area (Å²) in [6.45, 7) is 6.79. The van der Waals surface area contributed by atoms with Gasteiger partial charge in [-0.05, 0) is 56.5 Å². The molecule has 1 aromatic carbocycles. The highest BCUT2D eigenvalue weighted by molar-refractivity contribution is 5.77. The standard InChI is InChI=1S/C18H28N2O3/c1-15-4-3-5-17(12-15)23-14-18(21)19-13-16-6-8-20(9-7-16)10-11-22-2/h3-5,12,16H,6-11,13-14H2,1-2H3,(H,19,21). The Balaban J connectivity index is 1.60. The van der Waals surface area contributed by atoms with Crippen molar-refractivity contribution in [2.45, 2.75) is 19.8 Å². The third-order valence-corrected chi connectivity index (χ3v) is 4.27. The molecule has 1 aliphatic heterocycles. The Kier molecular flexibility index (Phi) is 7.36. The molecule has 1 saturated heterocycles. The van der Waals surface area contributed by atoms with Gasteiger partial charge in [0.15, 0.2) is 6.61 Å². The molecule has 0 saturated carbocycles. The van der Waals surface area contributed by atoms with E-state index in [1.165, 1.54) is 0 Å². The van der Waals surface area contributed by atoms with Crippen molar-refractivity contribution in [2.75, 3.05) is 46.5 Å². The monoisotopic (exact) mass is 320 g/mol. The number of nitrogens with zero attached hydrogens (tertiary/aromatic N) is 1. The summed E-state index contributed by atoms with van der Waals surface area (Å²) in [4.78, 5) is 14.3. The van der Waals surface area contributed by atoms with Crippen LogP contribution in [0, 0.1) is 12.8 Å². The first-order valence-electron chi connectivity index (χ1n) is 8.35. The summed E-state index contributed by atoms with van der Waals surface area (Å²) in [7, 11) is 1.74. The Bertz CT molecular complexity index is 485. The first-order chi connectivity index (χ1) is 11.2. The van der Waals surface area contributed by atoms with Crippen LogP contribution in [0.3, 0.4) is 0 Å². The van der Waals surface area contributed by atoms with Gasteiger partial charge in [-0.15, -0.1) is 0 Å². The number of benzene rings is 1. The molecule has 0 aromatic heterocycles. The Hall–Kier alpha value is -1.59. The van der Waals surface area contributed by atoms with Gasteiger partial charge in [-0.25, -0.2) is 0 Å². The fraction of sp³-hybridized carbons (Fsp3) is 0.611. The van der Waals surface area contributed by atoms with E-state index < -0.39 is 0 Å². The topological polar surface area (TPSA) is 50.8 Å². The van der Waals surface area contributed by atoms with E-state index in [1.807, 2.05) is 31.2 Å². The van der Waals surface area contributed by atoms with Crippen molar-refractivity contribution < 1.29 is 14.3 Å². The van der Waals surface area contributed by atoms with Crippen LogP contribution in [0.2, 0.25) is 0 Å². The molecule has 0 spiro atoms. The van der Waals surface area contributed by atoms with Crippen LogP contribution in [-0.4, -0.2) is 57.3 Å². The molecular weight excluding hydrogens is 292 g/mol. The maximum absolute atomic E-state index is 11.9. The predicted octanol–water partition coefficient (Wildman–Crippen LogP) is 1.85. The quantitative estimate of drug-likeness (QED) is 0.794. The van der Waals surface area contributed by atoms with Crippen LogP contribution in [0.1, 0.15) is 18.4 Å². The number of hydrogen-bond acceptors (Lipinski definition) is 4. The molecule has 1 aromatic rings. The van der Waals surface area contributed by atoms with E-state index in [0.29, 0.717) is 5.92 Å². The molecule has 128 valence electrons. The minimum atomic E-state index is -0.0479. The SMILES string of the molecule is COCCN1CCC(CNC(=O)COc2cccc(C)c2)CC1. The molecule has 1 aliphatic rings.